The molecule has 0 aliphatic rings. The van der Waals surface area contributed by atoms with Crippen molar-refractivity contribution in [3.8, 4) is 0 Å². The highest BCUT2D eigenvalue weighted by Crippen LogP contribution is 2.27. The molecule has 2 aromatic heterocycles. The number of benzene rings is 2. The first kappa shape index (κ1) is 18.9. The molecule has 29 heavy (non-hydrogen) atoms. The number of rotatable bonds is 4. The fourth-order valence-corrected chi connectivity index (χ4v) is 3.76. The number of fused-ring (bicyclic) bond motifs is 3. The quantitative estimate of drug-likeness (QED) is 0.574. The van der Waals surface area contributed by atoms with Crippen molar-refractivity contribution in [3.63, 3.8) is 0 Å². The molecule has 0 saturated heterocycles. The third kappa shape index (κ3) is 3.31. The van der Waals surface area contributed by atoms with Crippen LogP contribution in [-0.2, 0) is 11.3 Å². The summed E-state index contributed by atoms with van der Waals surface area (Å²) in [6.45, 7) is 7.96. The second kappa shape index (κ2) is 7.20. The first-order valence-electron chi connectivity index (χ1n) is 9.74. The molecule has 6 heteroatoms. The van der Waals surface area contributed by atoms with E-state index in [1.54, 1.807) is 10.6 Å². The van der Waals surface area contributed by atoms with Gasteiger partial charge in [0.1, 0.15) is 12.2 Å². The molecular weight excluding hydrogens is 364 g/mol. The predicted octanol–water partition coefficient (Wildman–Crippen LogP) is 4.03. The van der Waals surface area contributed by atoms with E-state index in [0.717, 1.165) is 28.0 Å². The monoisotopic (exact) mass is 388 g/mol. The van der Waals surface area contributed by atoms with Crippen LogP contribution in [0.25, 0.3) is 16.6 Å². The Kier molecular flexibility index (Phi) is 4.70. The minimum Gasteiger partial charge on any atom is -0.324 e. The van der Waals surface area contributed by atoms with Crippen LogP contribution in [0.2, 0.25) is 0 Å². The van der Waals surface area contributed by atoms with E-state index in [1.807, 2.05) is 56.3 Å². The summed E-state index contributed by atoms with van der Waals surface area (Å²) in [6, 6.07) is 15.1. The van der Waals surface area contributed by atoms with Crippen molar-refractivity contribution in [2.24, 2.45) is 0 Å². The van der Waals surface area contributed by atoms with Crippen LogP contribution in [0.3, 0.4) is 0 Å². The molecule has 0 radical (unpaired) electrons. The molecule has 2 aromatic carbocycles. The lowest BCUT2D eigenvalue weighted by Crippen LogP contribution is -2.29. The van der Waals surface area contributed by atoms with E-state index in [4.69, 9.17) is 0 Å². The van der Waals surface area contributed by atoms with E-state index in [0.29, 0.717) is 11.0 Å². The summed E-state index contributed by atoms with van der Waals surface area (Å²) < 4.78 is 3.22. The number of aryl methyl sites for hydroxylation is 2. The average Bonchev–Trinajstić information content (AvgIpc) is 3.08. The van der Waals surface area contributed by atoms with Crippen LogP contribution in [0.5, 0.6) is 0 Å². The minimum atomic E-state index is -0.237. The summed E-state index contributed by atoms with van der Waals surface area (Å²) in [6.07, 6.45) is 0. The maximum absolute atomic E-state index is 13.1. The zero-order valence-electron chi connectivity index (χ0n) is 17.1. The van der Waals surface area contributed by atoms with Crippen molar-refractivity contribution in [2.75, 3.05) is 5.32 Å². The van der Waals surface area contributed by atoms with Crippen LogP contribution in [0.1, 0.15) is 36.6 Å². The van der Waals surface area contributed by atoms with Gasteiger partial charge in [-0.1, -0.05) is 44.2 Å². The number of hydrogen-bond acceptors (Lipinski definition) is 3. The molecule has 4 aromatic rings. The van der Waals surface area contributed by atoms with Crippen molar-refractivity contribution in [1.29, 1.82) is 0 Å². The van der Waals surface area contributed by atoms with Gasteiger partial charge >= 0.3 is 0 Å². The third-order valence-electron chi connectivity index (χ3n) is 5.19. The maximum Gasteiger partial charge on any atom is 0.262 e. The molecule has 6 nitrogen and oxygen atoms in total. The molecule has 0 aliphatic heterocycles. The average molecular weight is 388 g/mol. The van der Waals surface area contributed by atoms with Crippen LogP contribution in [0, 0.1) is 13.8 Å². The van der Waals surface area contributed by atoms with Crippen LogP contribution in [-0.4, -0.2) is 20.1 Å². The number of aromatic nitrogens is 3. The molecule has 0 spiro atoms. The van der Waals surface area contributed by atoms with E-state index in [9.17, 15) is 9.59 Å². The topological polar surface area (TPSA) is 68.4 Å². The molecule has 148 valence electrons. The number of nitrogens with one attached hydrogen (secondary N) is 1. The van der Waals surface area contributed by atoms with Crippen molar-refractivity contribution in [1.82, 2.24) is 14.2 Å². The normalized spacial score (nSPS) is 11.5. The Labute approximate surface area is 168 Å². The summed E-state index contributed by atoms with van der Waals surface area (Å²) in [7, 11) is 0. The minimum absolute atomic E-state index is 0.0792. The molecule has 1 N–H and O–H groups in total. The molecule has 0 unspecified atom stereocenters. The van der Waals surface area contributed by atoms with Crippen LogP contribution >= 0.6 is 0 Å². The van der Waals surface area contributed by atoms with Gasteiger partial charge < -0.3 is 5.32 Å². The molecule has 2 heterocycles. The Morgan fingerprint density at radius 2 is 1.86 bits per heavy atom. The molecule has 4 rings (SSSR count). The second-order valence-electron chi connectivity index (χ2n) is 7.71. The van der Waals surface area contributed by atoms with E-state index in [-0.39, 0.29) is 23.9 Å². The summed E-state index contributed by atoms with van der Waals surface area (Å²) >= 11 is 0. The standard InChI is InChI=1S/C23H24N4O2/c1-14(2)17-10-7-8-15(3)22(17)24-20(28)13-26-21-12-16(4)25-27(21)19-11-6-5-9-18(19)23(26)29/h5-12,14H,13H2,1-4H3,(H,24,28). The van der Waals surface area contributed by atoms with Crippen LogP contribution < -0.4 is 10.9 Å². The molecular formula is C23H24N4O2. The van der Waals surface area contributed by atoms with Gasteiger partial charge in [0.2, 0.25) is 5.91 Å². The van der Waals surface area contributed by atoms with Crippen LogP contribution in [0.15, 0.2) is 53.3 Å². The summed E-state index contributed by atoms with van der Waals surface area (Å²) in [5.74, 6) is 0.0390. The Morgan fingerprint density at radius 3 is 2.62 bits per heavy atom. The lowest BCUT2D eigenvalue weighted by Gasteiger charge is -2.17. The molecule has 0 saturated carbocycles. The largest absolute Gasteiger partial charge is 0.324 e. The maximum atomic E-state index is 13.1. The number of hydrogen-bond donors (Lipinski definition) is 1. The summed E-state index contributed by atoms with van der Waals surface area (Å²) in [5, 5.41) is 8.07. The van der Waals surface area contributed by atoms with E-state index in [1.165, 1.54) is 4.57 Å². The van der Waals surface area contributed by atoms with E-state index in [2.05, 4.69) is 24.3 Å². The predicted molar refractivity (Wildman–Crippen MR) is 116 cm³/mol. The molecule has 1 amide bonds. The van der Waals surface area contributed by atoms with Gasteiger partial charge in [-0.05, 0) is 43.0 Å². The van der Waals surface area contributed by atoms with E-state index >= 15 is 0 Å². The number of carbonyl (C=O) groups is 1. The first-order chi connectivity index (χ1) is 13.9. The summed E-state index contributed by atoms with van der Waals surface area (Å²) in [4.78, 5) is 26.1. The Balaban J connectivity index is 1.78. The molecule has 0 atom stereocenters. The highest BCUT2D eigenvalue weighted by atomic mass is 16.2. The van der Waals surface area contributed by atoms with Gasteiger partial charge in [0.15, 0.2) is 0 Å². The number of para-hydroxylation sites is 2. The van der Waals surface area contributed by atoms with Crippen molar-refractivity contribution in [2.45, 2.75) is 40.2 Å². The zero-order chi connectivity index (χ0) is 20.7. The van der Waals surface area contributed by atoms with Crippen molar-refractivity contribution >= 4 is 28.1 Å². The fourth-order valence-electron chi connectivity index (χ4n) is 3.76. The zero-order valence-corrected chi connectivity index (χ0v) is 17.1. The molecule has 0 bridgehead atoms. The van der Waals surface area contributed by atoms with Gasteiger partial charge in [-0.2, -0.15) is 5.10 Å². The van der Waals surface area contributed by atoms with Gasteiger partial charge in [-0.15, -0.1) is 0 Å². The van der Waals surface area contributed by atoms with E-state index < -0.39 is 0 Å². The smallest absolute Gasteiger partial charge is 0.262 e. The van der Waals surface area contributed by atoms with Gasteiger partial charge in [0, 0.05) is 11.8 Å². The third-order valence-corrected chi connectivity index (χ3v) is 5.19. The van der Waals surface area contributed by atoms with Crippen molar-refractivity contribution < 1.29 is 4.79 Å². The molecule has 0 aliphatic carbocycles. The lowest BCUT2D eigenvalue weighted by atomic mass is 9.98. The SMILES string of the molecule is Cc1cc2n(CC(=O)Nc3c(C)cccc3C(C)C)c(=O)c3ccccc3n2n1. The van der Waals surface area contributed by atoms with Gasteiger partial charge in [-0.3, -0.25) is 14.2 Å². The van der Waals surface area contributed by atoms with Gasteiger partial charge in [0.05, 0.1) is 16.6 Å². The summed E-state index contributed by atoms with van der Waals surface area (Å²) in [5.41, 5.74) is 4.83. The first-order valence-corrected chi connectivity index (χ1v) is 9.74. The number of nitrogens with zero attached hydrogens (tertiary/aromatic N) is 3. The fraction of sp³-hybridized carbons (Fsp3) is 0.261. The number of amides is 1. The number of carbonyl (C=O) groups excluding carboxylic acids is 1. The second-order valence-corrected chi connectivity index (χ2v) is 7.71. The van der Waals surface area contributed by atoms with Crippen LogP contribution in [0.4, 0.5) is 5.69 Å². The van der Waals surface area contributed by atoms with Gasteiger partial charge in [-0.25, -0.2) is 4.52 Å². The van der Waals surface area contributed by atoms with Gasteiger partial charge in [0.25, 0.3) is 5.56 Å². The highest BCUT2D eigenvalue weighted by molar-refractivity contribution is 5.93. The Hall–Kier alpha value is -3.41. The highest BCUT2D eigenvalue weighted by Gasteiger charge is 2.17. The molecule has 0 fully saturated rings. The Bertz CT molecular complexity index is 1300. The van der Waals surface area contributed by atoms with Crippen molar-refractivity contribution in [3.05, 3.63) is 75.7 Å². The Morgan fingerprint density at radius 1 is 1.10 bits per heavy atom. The number of anilines is 1. The lowest BCUT2D eigenvalue weighted by molar-refractivity contribution is -0.116.